The second-order valence-corrected chi connectivity index (χ2v) is 4.71. The predicted molar refractivity (Wildman–Crippen MR) is 48.7 cm³/mol. The molecule has 2 N–H and O–H groups in total. The molecule has 72 valence electrons. The van der Waals surface area contributed by atoms with Crippen LogP contribution in [0.3, 0.4) is 0 Å². The molecule has 0 fully saturated rings. The van der Waals surface area contributed by atoms with Crippen molar-refractivity contribution in [3.05, 3.63) is 5.82 Å². The number of rotatable bonds is 3. The highest BCUT2D eigenvalue weighted by atomic mass is 32.2. The van der Waals surface area contributed by atoms with Crippen molar-refractivity contribution in [3.63, 3.8) is 0 Å². The normalized spacial score (nSPS) is 11.6. The van der Waals surface area contributed by atoms with Crippen LogP contribution in [-0.4, -0.2) is 31.0 Å². The van der Waals surface area contributed by atoms with Gasteiger partial charge in [0.05, 0.1) is 0 Å². The molecular formula is C7H11N3O2S. The van der Waals surface area contributed by atoms with Crippen LogP contribution in [0.15, 0.2) is 5.16 Å². The average molecular weight is 201 g/mol. The first-order valence-corrected chi connectivity index (χ1v) is 4.55. The van der Waals surface area contributed by atoms with E-state index in [1.165, 1.54) is 0 Å². The Morgan fingerprint density at radius 1 is 1.62 bits per heavy atom. The largest absolute Gasteiger partial charge is 0.480 e. The SMILES string of the molecule is Cc1nc(SC(C)(C)C(=O)O)n[nH]1. The number of aromatic nitrogens is 3. The molecule has 0 spiro atoms. The fourth-order valence-electron chi connectivity index (χ4n) is 0.640. The molecule has 0 aliphatic carbocycles. The Balaban J connectivity index is 2.74. The molecule has 0 saturated carbocycles. The molecule has 0 unspecified atom stereocenters. The summed E-state index contributed by atoms with van der Waals surface area (Å²) in [6.07, 6.45) is 0. The molecule has 0 bridgehead atoms. The van der Waals surface area contributed by atoms with E-state index in [-0.39, 0.29) is 0 Å². The van der Waals surface area contributed by atoms with E-state index in [4.69, 9.17) is 5.11 Å². The van der Waals surface area contributed by atoms with Crippen molar-refractivity contribution in [3.8, 4) is 0 Å². The minimum Gasteiger partial charge on any atom is -0.480 e. The predicted octanol–water partition coefficient (Wildman–Crippen LogP) is 1.07. The number of thioether (sulfide) groups is 1. The van der Waals surface area contributed by atoms with Crippen LogP contribution >= 0.6 is 11.8 Å². The molecule has 1 aromatic rings. The zero-order chi connectivity index (χ0) is 10.1. The van der Waals surface area contributed by atoms with Gasteiger partial charge in [0, 0.05) is 0 Å². The summed E-state index contributed by atoms with van der Waals surface area (Å²) in [4.78, 5) is 14.8. The number of nitrogens with one attached hydrogen (secondary N) is 1. The third kappa shape index (κ3) is 2.45. The zero-order valence-electron chi connectivity index (χ0n) is 7.66. The van der Waals surface area contributed by atoms with Gasteiger partial charge in [0.15, 0.2) is 0 Å². The Labute approximate surface area is 80.0 Å². The summed E-state index contributed by atoms with van der Waals surface area (Å²) in [6.45, 7) is 5.00. The third-order valence-electron chi connectivity index (χ3n) is 1.44. The second kappa shape index (κ2) is 3.37. The van der Waals surface area contributed by atoms with E-state index in [2.05, 4.69) is 15.2 Å². The second-order valence-electron chi connectivity index (χ2n) is 3.12. The Kier molecular flexibility index (Phi) is 2.60. The van der Waals surface area contributed by atoms with Gasteiger partial charge in [-0.2, -0.15) is 0 Å². The smallest absolute Gasteiger partial charge is 0.319 e. The van der Waals surface area contributed by atoms with Gasteiger partial charge in [-0.25, -0.2) is 4.98 Å². The minimum absolute atomic E-state index is 0.463. The summed E-state index contributed by atoms with van der Waals surface area (Å²) in [5, 5.41) is 15.8. The number of nitrogens with zero attached hydrogens (tertiary/aromatic N) is 2. The molecule has 0 saturated heterocycles. The van der Waals surface area contributed by atoms with Gasteiger partial charge in [-0.3, -0.25) is 9.89 Å². The van der Waals surface area contributed by atoms with E-state index in [1.54, 1.807) is 20.8 Å². The van der Waals surface area contributed by atoms with Crippen LogP contribution in [0.4, 0.5) is 0 Å². The summed E-state index contributed by atoms with van der Waals surface area (Å²) in [7, 11) is 0. The number of carbonyl (C=O) groups is 1. The summed E-state index contributed by atoms with van der Waals surface area (Å²) in [5.74, 6) is -0.191. The number of hydrogen-bond donors (Lipinski definition) is 2. The highest BCUT2D eigenvalue weighted by Gasteiger charge is 2.30. The van der Waals surface area contributed by atoms with Gasteiger partial charge < -0.3 is 5.11 Å². The van der Waals surface area contributed by atoms with Gasteiger partial charge in [0.25, 0.3) is 0 Å². The molecule has 6 heteroatoms. The van der Waals surface area contributed by atoms with Crippen LogP contribution in [0.2, 0.25) is 0 Å². The van der Waals surface area contributed by atoms with Crippen LogP contribution in [0, 0.1) is 6.92 Å². The number of aliphatic carboxylic acids is 1. The van der Waals surface area contributed by atoms with E-state index >= 15 is 0 Å². The van der Waals surface area contributed by atoms with Gasteiger partial charge in [-0.05, 0) is 20.8 Å². The molecule has 0 amide bonds. The first-order valence-electron chi connectivity index (χ1n) is 3.73. The molecule has 0 atom stereocenters. The highest BCUT2D eigenvalue weighted by molar-refractivity contribution is 8.01. The van der Waals surface area contributed by atoms with Crippen LogP contribution in [-0.2, 0) is 4.79 Å². The first kappa shape index (κ1) is 10.0. The third-order valence-corrected chi connectivity index (χ3v) is 2.49. The maximum absolute atomic E-state index is 10.7. The molecule has 0 aliphatic heterocycles. The topological polar surface area (TPSA) is 78.9 Å². The summed E-state index contributed by atoms with van der Waals surface area (Å²) < 4.78 is -0.894. The lowest BCUT2D eigenvalue weighted by Gasteiger charge is -2.15. The van der Waals surface area contributed by atoms with Crippen LogP contribution in [0.25, 0.3) is 0 Å². The van der Waals surface area contributed by atoms with Crippen molar-refractivity contribution in [2.45, 2.75) is 30.7 Å². The van der Waals surface area contributed by atoms with Gasteiger partial charge in [-0.15, -0.1) is 5.10 Å². The average Bonchev–Trinajstić information content (AvgIpc) is 2.34. The molecule has 13 heavy (non-hydrogen) atoms. The van der Waals surface area contributed by atoms with Crippen molar-refractivity contribution in [1.29, 1.82) is 0 Å². The summed E-state index contributed by atoms with van der Waals surface area (Å²) in [5.41, 5.74) is 0. The molecule has 0 aromatic carbocycles. The van der Waals surface area contributed by atoms with Crippen LogP contribution in [0.1, 0.15) is 19.7 Å². The number of hydrogen-bond acceptors (Lipinski definition) is 4. The molecule has 1 heterocycles. The summed E-state index contributed by atoms with van der Waals surface area (Å²) >= 11 is 1.12. The molecule has 0 aliphatic rings. The molecular weight excluding hydrogens is 190 g/mol. The molecule has 1 aromatic heterocycles. The van der Waals surface area contributed by atoms with Crippen molar-refractivity contribution < 1.29 is 9.90 Å². The standard InChI is InChI=1S/C7H11N3O2S/c1-4-8-6(10-9-4)13-7(2,3)5(11)12/h1-3H3,(H,11,12)(H,8,9,10). The minimum atomic E-state index is -0.894. The lowest BCUT2D eigenvalue weighted by molar-refractivity contribution is -0.138. The Bertz CT molecular complexity index is 321. The monoisotopic (exact) mass is 201 g/mol. The Morgan fingerprint density at radius 2 is 2.23 bits per heavy atom. The highest BCUT2D eigenvalue weighted by Crippen LogP contribution is 2.29. The van der Waals surface area contributed by atoms with Gasteiger partial charge in [-0.1, -0.05) is 11.8 Å². The molecule has 5 nitrogen and oxygen atoms in total. The summed E-state index contributed by atoms with van der Waals surface area (Å²) in [6, 6.07) is 0. The quantitative estimate of drug-likeness (QED) is 0.715. The van der Waals surface area contributed by atoms with Crippen molar-refractivity contribution in [1.82, 2.24) is 15.2 Å². The van der Waals surface area contributed by atoms with E-state index in [0.29, 0.717) is 11.0 Å². The van der Waals surface area contributed by atoms with Gasteiger partial charge >= 0.3 is 5.97 Å². The fourth-order valence-corrected chi connectivity index (χ4v) is 1.46. The van der Waals surface area contributed by atoms with E-state index in [1.807, 2.05) is 0 Å². The first-order chi connectivity index (χ1) is 5.92. The van der Waals surface area contributed by atoms with Crippen LogP contribution in [0.5, 0.6) is 0 Å². The fraction of sp³-hybridized carbons (Fsp3) is 0.571. The number of H-pyrrole nitrogens is 1. The molecule has 0 radical (unpaired) electrons. The van der Waals surface area contributed by atoms with Gasteiger partial charge in [0.2, 0.25) is 5.16 Å². The number of carboxylic acids is 1. The van der Waals surface area contributed by atoms with E-state index in [0.717, 1.165) is 11.8 Å². The lowest BCUT2D eigenvalue weighted by Crippen LogP contribution is -2.27. The van der Waals surface area contributed by atoms with Gasteiger partial charge in [0.1, 0.15) is 10.6 Å². The number of aryl methyl sites for hydroxylation is 1. The zero-order valence-corrected chi connectivity index (χ0v) is 8.47. The van der Waals surface area contributed by atoms with E-state index in [9.17, 15) is 4.79 Å². The maximum Gasteiger partial charge on any atom is 0.319 e. The van der Waals surface area contributed by atoms with Crippen molar-refractivity contribution in [2.75, 3.05) is 0 Å². The van der Waals surface area contributed by atoms with Crippen molar-refractivity contribution in [2.24, 2.45) is 0 Å². The molecule has 1 rings (SSSR count). The van der Waals surface area contributed by atoms with Crippen molar-refractivity contribution >= 4 is 17.7 Å². The Morgan fingerprint density at radius 3 is 2.62 bits per heavy atom. The number of aromatic amines is 1. The van der Waals surface area contributed by atoms with Crippen LogP contribution < -0.4 is 0 Å². The Hall–Kier alpha value is -1.04. The van der Waals surface area contributed by atoms with E-state index < -0.39 is 10.7 Å². The lowest BCUT2D eigenvalue weighted by atomic mass is 10.2. The number of carboxylic acid groups (broad SMARTS) is 1. The maximum atomic E-state index is 10.7.